The lowest BCUT2D eigenvalue weighted by molar-refractivity contribution is 0.238. The molecule has 0 aliphatic carbocycles. The molecule has 0 rings (SSSR count). The molecule has 0 aromatic carbocycles. The molecule has 0 unspecified atom stereocenters. The van der Waals surface area contributed by atoms with E-state index in [1.165, 1.54) is 24.9 Å². The molecule has 0 radical (unpaired) electrons. The van der Waals surface area contributed by atoms with Gasteiger partial charge in [-0.1, -0.05) is 0 Å². The van der Waals surface area contributed by atoms with Crippen LogP contribution in [0.5, 0.6) is 0 Å². The molecule has 21 heteroatoms. The topological polar surface area (TPSA) is 160 Å². The van der Waals surface area contributed by atoms with Crippen LogP contribution in [0, 0.1) is 0 Å². The minimum absolute atomic E-state index is 0.106. The van der Waals surface area contributed by atoms with Gasteiger partial charge in [-0.05, 0) is 160 Å². The Morgan fingerprint density at radius 2 is 0.533 bits per heavy atom. The number of carbonyl (C=O) groups excluding carboxylic acids is 1. The van der Waals surface area contributed by atoms with Crippen LogP contribution in [0.25, 0.3) is 0 Å². The van der Waals surface area contributed by atoms with E-state index in [2.05, 4.69) is 79.0 Å². The first kappa shape index (κ1) is 64.4. The van der Waals surface area contributed by atoms with Crippen LogP contribution in [0.2, 0.25) is 95.2 Å². The summed E-state index contributed by atoms with van der Waals surface area (Å²) in [4.78, 5) is 11.6. The summed E-state index contributed by atoms with van der Waals surface area (Å²) in [5.74, 6) is 0. The Morgan fingerprint density at radius 3 is 0.783 bits per heavy atom. The highest BCUT2D eigenvalue weighted by Crippen LogP contribution is 2.16. The van der Waals surface area contributed by atoms with Gasteiger partial charge >= 0.3 is 31.7 Å². The Kier molecular flexibility index (Phi) is 40.0. The van der Waals surface area contributed by atoms with E-state index in [0.29, 0.717) is 13.1 Å². The quantitative estimate of drug-likeness (QED) is 0.0323. The molecule has 0 fully saturated rings. The van der Waals surface area contributed by atoms with Gasteiger partial charge in [0.2, 0.25) is 0 Å². The molecular formula is C39H99N5O10Si6. The second kappa shape index (κ2) is 37.3. The molecule has 0 heterocycles. The first-order valence-electron chi connectivity index (χ1n) is 22.2. The van der Waals surface area contributed by atoms with Crippen molar-refractivity contribution in [1.82, 2.24) is 26.6 Å². The summed E-state index contributed by atoms with van der Waals surface area (Å²) < 4.78 is 49.2. The van der Waals surface area contributed by atoms with Crippen LogP contribution >= 0.6 is 0 Å². The molecule has 0 aliphatic rings. The average Bonchev–Trinajstić information content (AvgIpc) is 3.24. The van der Waals surface area contributed by atoms with Crippen molar-refractivity contribution >= 4 is 56.7 Å². The van der Waals surface area contributed by atoms with Crippen LogP contribution < -0.4 is 26.6 Å². The predicted molar refractivity (Wildman–Crippen MR) is 267 cm³/mol. The molecule has 0 aromatic rings. The molecule has 60 heavy (non-hydrogen) atoms. The Bertz CT molecular complexity index is 1000. The van der Waals surface area contributed by atoms with Crippen LogP contribution in [-0.4, -0.2) is 173 Å². The van der Waals surface area contributed by atoms with Gasteiger partial charge in [0.15, 0.2) is 25.0 Å². The van der Waals surface area contributed by atoms with Crippen molar-refractivity contribution in [2.24, 2.45) is 0 Å². The SMILES string of the molecule is CO[Si](C)(C)CCCNC(=O)NCCC[Si](C)(OC)OC.CO[Si](C)(C)CCCNCCC[Si](C)(OC)OC.CO[Si](C)(C)CCCNCCNCCC[Si](C)(OC)OC. The van der Waals surface area contributed by atoms with E-state index in [1.54, 1.807) is 49.8 Å². The molecule has 0 aliphatic heterocycles. The smallest absolute Gasteiger partial charge is 0.334 e. The monoisotopic (exact) mass is 966 g/mol. The molecule has 364 valence electrons. The Labute approximate surface area is 376 Å². The minimum Gasteiger partial charge on any atom is -0.420 e. The molecule has 0 saturated heterocycles. The fraction of sp³-hybridized carbons (Fsp3) is 0.974. The largest absolute Gasteiger partial charge is 0.420 e. The summed E-state index contributed by atoms with van der Waals surface area (Å²) in [7, 11) is 5.84. The number of hydrogen-bond acceptors (Lipinski definition) is 13. The van der Waals surface area contributed by atoms with Gasteiger partial charge < -0.3 is 66.4 Å². The van der Waals surface area contributed by atoms with Gasteiger partial charge in [-0.15, -0.1) is 0 Å². The fourth-order valence-corrected chi connectivity index (χ4v) is 13.3. The van der Waals surface area contributed by atoms with Crippen LogP contribution in [0.3, 0.4) is 0 Å². The van der Waals surface area contributed by atoms with Crippen molar-refractivity contribution in [3.63, 3.8) is 0 Å². The third-order valence-corrected chi connectivity index (χ3v) is 28.3. The number of urea groups is 1. The van der Waals surface area contributed by atoms with Crippen molar-refractivity contribution in [3.05, 3.63) is 0 Å². The highest BCUT2D eigenvalue weighted by Gasteiger charge is 2.29. The van der Waals surface area contributed by atoms with Crippen molar-refractivity contribution in [2.75, 3.05) is 116 Å². The second-order valence-corrected chi connectivity index (χ2v) is 41.6. The van der Waals surface area contributed by atoms with E-state index in [4.69, 9.17) is 39.8 Å². The third kappa shape index (κ3) is 38.5. The Hall–Kier alpha value is 0.0913. The molecule has 0 aromatic heterocycles. The van der Waals surface area contributed by atoms with E-state index in [-0.39, 0.29) is 6.03 Å². The molecular weight excluding hydrogens is 867 g/mol. The number of rotatable bonds is 36. The number of carbonyl (C=O) groups is 1. The zero-order valence-electron chi connectivity index (χ0n) is 42.2. The van der Waals surface area contributed by atoms with E-state index >= 15 is 0 Å². The van der Waals surface area contributed by atoms with Crippen molar-refractivity contribution in [3.8, 4) is 0 Å². The van der Waals surface area contributed by atoms with Crippen LogP contribution in [0.1, 0.15) is 38.5 Å². The molecule has 0 atom stereocenters. The lowest BCUT2D eigenvalue weighted by Gasteiger charge is -2.22. The summed E-state index contributed by atoms with van der Waals surface area (Å²) in [6, 6.07) is 6.34. The highest BCUT2D eigenvalue weighted by molar-refractivity contribution is 6.72. The van der Waals surface area contributed by atoms with Crippen LogP contribution in [0.4, 0.5) is 4.79 Å². The normalized spacial score (nSPS) is 12.7. The van der Waals surface area contributed by atoms with E-state index in [0.717, 1.165) is 89.1 Å². The fourth-order valence-electron chi connectivity index (χ4n) is 5.46. The predicted octanol–water partition coefficient (Wildman–Crippen LogP) is 7.02. The van der Waals surface area contributed by atoms with Gasteiger partial charge in [0, 0.05) is 90.2 Å². The van der Waals surface area contributed by atoms with Crippen molar-refractivity contribution in [1.29, 1.82) is 0 Å². The number of hydrogen-bond donors (Lipinski definition) is 5. The first-order valence-corrected chi connectivity index (χ1v) is 39.1. The van der Waals surface area contributed by atoms with Crippen molar-refractivity contribution < 1.29 is 44.6 Å². The highest BCUT2D eigenvalue weighted by atomic mass is 28.4. The maximum Gasteiger partial charge on any atom is 0.334 e. The van der Waals surface area contributed by atoms with Gasteiger partial charge in [-0.2, -0.15) is 0 Å². The minimum atomic E-state index is -2.01. The number of nitrogens with one attached hydrogen (secondary N) is 5. The van der Waals surface area contributed by atoms with Crippen LogP contribution in [-0.2, 0) is 39.8 Å². The van der Waals surface area contributed by atoms with Crippen molar-refractivity contribution in [2.45, 2.75) is 134 Å². The summed E-state index contributed by atoms with van der Waals surface area (Å²) >= 11 is 0. The summed E-state index contributed by atoms with van der Waals surface area (Å²) in [6.07, 6.45) is 6.46. The molecule has 15 nitrogen and oxygen atoms in total. The maximum absolute atomic E-state index is 11.6. The standard InChI is InChI=1S/C14H36N2O3Si2.C13H32N2O4Si2.C12H31NO3Si2/c1-17-20(4,5)13-7-9-15-11-12-16-10-8-14-21(6,18-2)19-3;1-17-20(4,5)11-7-9-14-13(16)15-10-8-12-21(6,18-2)19-3;1-14-17(4,5)11-7-9-13-10-8-12-18(6,15-2)16-3/h15-16H,7-14H2,1-6H3;7-12H2,1-6H3,(H2,14,15,16);13H,7-12H2,1-6H3. The van der Waals surface area contributed by atoms with Gasteiger partial charge in [0.1, 0.15) is 0 Å². The third-order valence-electron chi connectivity index (χ3n) is 11.3. The van der Waals surface area contributed by atoms with Crippen LogP contribution in [0.15, 0.2) is 0 Å². The average molecular weight is 967 g/mol. The molecule has 2 amide bonds. The lowest BCUT2D eigenvalue weighted by Crippen LogP contribution is -2.39. The molecule has 0 spiro atoms. The van der Waals surface area contributed by atoms with Gasteiger partial charge in [0.25, 0.3) is 0 Å². The van der Waals surface area contributed by atoms with Gasteiger partial charge in [-0.3, -0.25) is 0 Å². The van der Waals surface area contributed by atoms with E-state index in [1.807, 2.05) is 20.8 Å². The summed E-state index contributed by atoms with van der Waals surface area (Å²) in [5, 5.41) is 16.1. The zero-order valence-corrected chi connectivity index (χ0v) is 48.2. The number of amides is 2. The molecule has 5 N–H and O–H groups in total. The molecule has 0 saturated carbocycles. The lowest BCUT2D eigenvalue weighted by atomic mass is 10.4. The van der Waals surface area contributed by atoms with Gasteiger partial charge in [-0.25, -0.2) is 4.79 Å². The first-order chi connectivity index (χ1) is 28.1. The summed E-state index contributed by atoms with van der Waals surface area (Å²) in [5.41, 5.74) is 0. The maximum atomic E-state index is 11.6. The van der Waals surface area contributed by atoms with Gasteiger partial charge in [0.05, 0.1) is 0 Å². The second-order valence-electron chi connectivity index (χ2n) is 17.6. The Balaban J connectivity index is -0.000000815. The van der Waals surface area contributed by atoms with E-state index < -0.39 is 50.6 Å². The zero-order chi connectivity index (χ0) is 46.6. The Morgan fingerprint density at radius 1 is 0.317 bits per heavy atom. The summed E-state index contributed by atoms with van der Waals surface area (Å²) in [6.45, 7) is 27.3. The molecule has 0 bridgehead atoms. The van der Waals surface area contributed by atoms with E-state index in [9.17, 15) is 4.79 Å².